The van der Waals surface area contributed by atoms with Crippen LogP contribution in [0, 0.1) is 6.92 Å². The summed E-state index contributed by atoms with van der Waals surface area (Å²) in [5, 5.41) is 13.3. The van der Waals surface area contributed by atoms with Crippen LogP contribution in [-0.4, -0.2) is 24.5 Å². The van der Waals surface area contributed by atoms with E-state index in [0.29, 0.717) is 0 Å². The van der Waals surface area contributed by atoms with E-state index in [0.717, 1.165) is 39.5 Å². The van der Waals surface area contributed by atoms with E-state index in [-0.39, 0.29) is 0 Å². The molecule has 0 spiro atoms. The number of anilines is 2. The summed E-state index contributed by atoms with van der Waals surface area (Å²) < 4.78 is 3.61. The van der Waals surface area contributed by atoms with Crippen molar-refractivity contribution in [3.8, 4) is 11.3 Å². The molecule has 0 bridgehead atoms. The molecule has 0 aliphatic heterocycles. The Bertz CT molecular complexity index is 1010. The Hall–Kier alpha value is -3.15. The number of rotatable bonds is 3. The first kappa shape index (κ1) is 14.4. The maximum absolute atomic E-state index is 4.66. The number of aryl methyl sites for hydroxylation is 3. The number of benzene rings is 1. The van der Waals surface area contributed by atoms with Crippen LogP contribution in [0.25, 0.3) is 22.3 Å². The van der Waals surface area contributed by atoms with E-state index >= 15 is 0 Å². The van der Waals surface area contributed by atoms with Crippen LogP contribution in [0.3, 0.4) is 0 Å². The Morgan fingerprint density at radius 1 is 1.00 bits per heavy atom. The minimum atomic E-state index is 0.784. The molecule has 1 aromatic carbocycles. The molecule has 6 nitrogen and oxygen atoms in total. The molecule has 0 saturated heterocycles. The highest BCUT2D eigenvalue weighted by Gasteiger charge is 2.10. The highest BCUT2D eigenvalue weighted by atomic mass is 15.3. The molecule has 120 valence electrons. The summed E-state index contributed by atoms with van der Waals surface area (Å²) in [5.41, 5.74) is 4.02. The molecule has 0 atom stereocenters. The molecule has 0 saturated carbocycles. The van der Waals surface area contributed by atoms with Crippen molar-refractivity contribution in [3.05, 3.63) is 54.2 Å². The third kappa shape index (κ3) is 2.42. The summed E-state index contributed by atoms with van der Waals surface area (Å²) in [6.07, 6.45) is 1.85. The number of fused-ring (bicyclic) bond motifs is 1. The maximum atomic E-state index is 4.66. The lowest BCUT2D eigenvalue weighted by atomic mass is 10.1. The highest BCUT2D eigenvalue weighted by Crippen LogP contribution is 2.25. The van der Waals surface area contributed by atoms with Crippen LogP contribution in [0.4, 0.5) is 11.6 Å². The van der Waals surface area contributed by atoms with Crippen LogP contribution >= 0.6 is 0 Å². The quantitative estimate of drug-likeness (QED) is 0.629. The van der Waals surface area contributed by atoms with Crippen molar-refractivity contribution in [2.45, 2.75) is 6.92 Å². The normalized spacial score (nSPS) is 11.1. The summed E-state index contributed by atoms with van der Waals surface area (Å²) in [6.45, 7) is 2.06. The topological polar surface area (TPSA) is 60.6 Å². The van der Waals surface area contributed by atoms with Gasteiger partial charge in [-0.2, -0.15) is 10.2 Å². The van der Waals surface area contributed by atoms with Crippen molar-refractivity contribution in [2.75, 3.05) is 5.32 Å². The fourth-order valence-electron chi connectivity index (χ4n) is 2.80. The van der Waals surface area contributed by atoms with E-state index < -0.39 is 0 Å². The Balaban J connectivity index is 1.71. The molecule has 4 aromatic rings. The van der Waals surface area contributed by atoms with Gasteiger partial charge in [-0.05, 0) is 18.6 Å². The van der Waals surface area contributed by atoms with E-state index in [4.69, 9.17) is 0 Å². The molecule has 0 radical (unpaired) electrons. The monoisotopic (exact) mass is 318 g/mol. The molecule has 0 fully saturated rings. The van der Waals surface area contributed by atoms with E-state index in [1.54, 1.807) is 4.68 Å². The predicted molar refractivity (Wildman–Crippen MR) is 95.2 cm³/mol. The largest absolute Gasteiger partial charge is 0.325 e. The van der Waals surface area contributed by atoms with Crippen LogP contribution in [-0.2, 0) is 14.1 Å². The Kier molecular flexibility index (Phi) is 3.30. The van der Waals surface area contributed by atoms with Gasteiger partial charge in [-0.15, -0.1) is 0 Å². The van der Waals surface area contributed by atoms with Crippen LogP contribution in [0.2, 0.25) is 0 Å². The van der Waals surface area contributed by atoms with Gasteiger partial charge in [0, 0.05) is 31.1 Å². The summed E-state index contributed by atoms with van der Waals surface area (Å²) in [7, 11) is 3.82. The Labute approximate surface area is 139 Å². The van der Waals surface area contributed by atoms with Crippen LogP contribution in [0.5, 0.6) is 0 Å². The van der Waals surface area contributed by atoms with E-state index in [1.165, 1.54) is 0 Å². The summed E-state index contributed by atoms with van der Waals surface area (Å²) in [6, 6.07) is 14.2. The maximum Gasteiger partial charge on any atom is 0.160 e. The van der Waals surface area contributed by atoms with Crippen molar-refractivity contribution in [3.63, 3.8) is 0 Å². The van der Waals surface area contributed by atoms with Crippen LogP contribution in [0.15, 0.2) is 48.7 Å². The van der Waals surface area contributed by atoms with Crippen molar-refractivity contribution in [2.24, 2.45) is 14.1 Å². The molecule has 24 heavy (non-hydrogen) atoms. The highest BCUT2D eigenvalue weighted by molar-refractivity contribution is 5.81. The number of nitrogens with zero attached hydrogens (tertiary/aromatic N) is 5. The third-order valence-corrected chi connectivity index (χ3v) is 4.12. The summed E-state index contributed by atoms with van der Waals surface area (Å²) in [5.74, 6) is 1.67. The predicted octanol–water partition coefficient (Wildman–Crippen LogP) is 3.42. The van der Waals surface area contributed by atoms with E-state index in [2.05, 4.69) is 39.6 Å². The van der Waals surface area contributed by atoms with Gasteiger partial charge >= 0.3 is 0 Å². The minimum absolute atomic E-state index is 0.784. The van der Waals surface area contributed by atoms with Crippen LogP contribution < -0.4 is 5.32 Å². The second-order valence-corrected chi connectivity index (χ2v) is 5.86. The zero-order valence-corrected chi connectivity index (χ0v) is 13.9. The molecule has 3 aromatic heterocycles. The van der Waals surface area contributed by atoms with E-state index in [1.807, 2.05) is 55.3 Å². The molecule has 3 heterocycles. The molecule has 6 heteroatoms. The molecule has 1 N–H and O–H groups in total. The van der Waals surface area contributed by atoms with Gasteiger partial charge in [0.15, 0.2) is 5.65 Å². The number of hydrogen-bond donors (Lipinski definition) is 1. The summed E-state index contributed by atoms with van der Waals surface area (Å²) in [4.78, 5) is 4.66. The molecular weight excluding hydrogens is 300 g/mol. The van der Waals surface area contributed by atoms with Gasteiger partial charge in [0.2, 0.25) is 0 Å². The molecular formula is C18H18N6. The fourth-order valence-corrected chi connectivity index (χ4v) is 2.80. The lowest BCUT2D eigenvalue weighted by Gasteiger charge is -2.07. The second kappa shape index (κ2) is 5.49. The van der Waals surface area contributed by atoms with Gasteiger partial charge in [0.05, 0.1) is 11.9 Å². The number of hydrogen-bond acceptors (Lipinski definition) is 4. The molecule has 0 unspecified atom stereocenters. The second-order valence-electron chi connectivity index (χ2n) is 5.86. The number of pyridine rings is 1. The van der Waals surface area contributed by atoms with E-state index in [9.17, 15) is 0 Å². The molecule has 0 amide bonds. The number of aromatic nitrogens is 5. The smallest absolute Gasteiger partial charge is 0.160 e. The lowest BCUT2D eigenvalue weighted by molar-refractivity contribution is 0.777. The lowest BCUT2D eigenvalue weighted by Crippen LogP contribution is -2.02. The fraction of sp³-hybridized carbons (Fsp3) is 0.167. The van der Waals surface area contributed by atoms with Gasteiger partial charge in [-0.25, -0.2) is 4.98 Å². The molecule has 0 aliphatic carbocycles. The van der Waals surface area contributed by atoms with Gasteiger partial charge in [-0.3, -0.25) is 9.36 Å². The first-order chi connectivity index (χ1) is 11.6. The molecule has 0 aliphatic rings. The SMILES string of the molecule is Cc1cc(Nc2cc(-c3ccccc3)nn2C)nc2c1cnn2C. The Morgan fingerprint density at radius 2 is 1.79 bits per heavy atom. The molecule has 4 rings (SSSR count). The van der Waals surface area contributed by atoms with Gasteiger partial charge in [0.1, 0.15) is 11.6 Å². The average Bonchev–Trinajstić information content (AvgIpc) is 3.13. The standard InChI is InChI=1S/C18H18N6/c1-12-9-16(21-18-14(12)11-19-24(18)3)20-17-10-15(22-23(17)2)13-7-5-4-6-8-13/h4-11H,1-3H3,(H,20,21). The first-order valence-corrected chi connectivity index (χ1v) is 7.77. The average molecular weight is 318 g/mol. The Morgan fingerprint density at radius 3 is 2.58 bits per heavy atom. The summed E-state index contributed by atoms with van der Waals surface area (Å²) >= 11 is 0. The third-order valence-electron chi connectivity index (χ3n) is 4.12. The van der Waals surface area contributed by atoms with Crippen molar-refractivity contribution in [1.29, 1.82) is 0 Å². The van der Waals surface area contributed by atoms with Crippen molar-refractivity contribution < 1.29 is 0 Å². The van der Waals surface area contributed by atoms with Crippen LogP contribution in [0.1, 0.15) is 5.56 Å². The van der Waals surface area contributed by atoms with Gasteiger partial charge in [-0.1, -0.05) is 30.3 Å². The van der Waals surface area contributed by atoms with Gasteiger partial charge in [0.25, 0.3) is 0 Å². The number of nitrogens with one attached hydrogen (secondary N) is 1. The van der Waals surface area contributed by atoms with Crippen molar-refractivity contribution >= 4 is 22.7 Å². The minimum Gasteiger partial charge on any atom is -0.325 e. The van der Waals surface area contributed by atoms with Crippen molar-refractivity contribution in [1.82, 2.24) is 24.5 Å². The van der Waals surface area contributed by atoms with Gasteiger partial charge < -0.3 is 5.32 Å². The zero-order chi connectivity index (χ0) is 16.7. The zero-order valence-electron chi connectivity index (χ0n) is 13.9. The first-order valence-electron chi connectivity index (χ1n) is 7.77.